The van der Waals surface area contributed by atoms with Gasteiger partial charge in [0.15, 0.2) is 0 Å². The Bertz CT molecular complexity index is 659. The summed E-state index contributed by atoms with van der Waals surface area (Å²) in [6.45, 7) is 5.09. The molecular formula is C18H20BrNO3. The van der Waals surface area contributed by atoms with E-state index < -0.39 is 6.09 Å². The highest BCUT2D eigenvalue weighted by atomic mass is 79.9. The molecule has 5 heteroatoms. The first-order valence-corrected chi connectivity index (χ1v) is 8.20. The van der Waals surface area contributed by atoms with Crippen LogP contribution in [0.25, 0.3) is 0 Å². The molecule has 0 unspecified atom stereocenters. The molecule has 0 heterocycles. The predicted molar refractivity (Wildman–Crippen MR) is 93.7 cm³/mol. The Morgan fingerprint density at radius 2 is 1.83 bits per heavy atom. The molecule has 0 atom stereocenters. The van der Waals surface area contributed by atoms with Gasteiger partial charge in [-0.1, -0.05) is 46.3 Å². The Labute approximate surface area is 144 Å². The molecule has 0 saturated carbocycles. The second-order valence-electron chi connectivity index (χ2n) is 5.13. The van der Waals surface area contributed by atoms with Crippen molar-refractivity contribution in [3.8, 4) is 5.75 Å². The maximum atomic E-state index is 11.6. The Kier molecular flexibility index (Phi) is 6.47. The van der Waals surface area contributed by atoms with Gasteiger partial charge in [-0.2, -0.15) is 0 Å². The molecular weight excluding hydrogens is 358 g/mol. The van der Waals surface area contributed by atoms with Gasteiger partial charge in [0.05, 0.1) is 6.54 Å². The third-order valence-electron chi connectivity index (χ3n) is 3.51. The third-order valence-corrected chi connectivity index (χ3v) is 4.37. The minimum absolute atomic E-state index is 0.262. The van der Waals surface area contributed by atoms with Crippen molar-refractivity contribution in [3.05, 3.63) is 63.6 Å². The first-order valence-electron chi connectivity index (χ1n) is 7.41. The second-order valence-corrected chi connectivity index (χ2v) is 5.99. The van der Waals surface area contributed by atoms with Gasteiger partial charge in [-0.05, 0) is 42.7 Å². The lowest BCUT2D eigenvalue weighted by atomic mass is 10.1. The van der Waals surface area contributed by atoms with Crippen molar-refractivity contribution >= 4 is 22.0 Å². The van der Waals surface area contributed by atoms with Crippen molar-refractivity contribution in [1.82, 2.24) is 5.32 Å². The quantitative estimate of drug-likeness (QED) is 0.760. The normalized spacial score (nSPS) is 10.2. The van der Waals surface area contributed by atoms with Crippen molar-refractivity contribution < 1.29 is 14.3 Å². The molecule has 0 aromatic heterocycles. The van der Waals surface area contributed by atoms with Crippen LogP contribution in [-0.4, -0.2) is 19.2 Å². The van der Waals surface area contributed by atoms with Crippen molar-refractivity contribution in [2.45, 2.75) is 20.5 Å². The molecule has 0 radical (unpaired) electrons. The SMILES string of the molecule is Cc1c(Br)ccc(OCCNC(=O)OCc2ccccc2)c1C. The van der Waals surface area contributed by atoms with Crippen LogP contribution < -0.4 is 10.1 Å². The summed E-state index contributed by atoms with van der Waals surface area (Å²) in [5.74, 6) is 0.824. The number of rotatable bonds is 6. The maximum Gasteiger partial charge on any atom is 0.407 e. The number of carbonyl (C=O) groups is 1. The third kappa shape index (κ3) is 5.28. The van der Waals surface area contributed by atoms with Gasteiger partial charge in [-0.15, -0.1) is 0 Å². The van der Waals surface area contributed by atoms with Gasteiger partial charge >= 0.3 is 6.09 Å². The van der Waals surface area contributed by atoms with E-state index in [4.69, 9.17) is 9.47 Å². The topological polar surface area (TPSA) is 47.6 Å². The first-order chi connectivity index (χ1) is 11.1. The fraction of sp³-hybridized carbons (Fsp3) is 0.278. The molecule has 0 fully saturated rings. The van der Waals surface area contributed by atoms with E-state index in [1.165, 1.54) is 0 Å². The first kappa shape index (κ1) is 17.3. The van der Waals surface area contributed by atoms with E-state index in [2.05, 4.69) is 21.2 Å². The van der Waals surface area contributed by atoms with E-state index in [9.17, 15) is 4.79 Å². The Hall–Kier alpha value is -2.01. The standard InChI is InChI=1S/C18H20BrNO3/c1-13-14(2)17(9-8-16(13)19)22-11-10-20-18(21)23-12-15-6-4-3-5-7-15/h3-9H,10-12H2,1-2H3,(H,20,21). The molecule has 2 rings (SSSR count). The van der Waals surface area contributed by atoms with Crippen LogP contribution in [0.2, 0.25) is 0 Å². The molecule has 1 amide bonds. The molecule has 0 saturated heterocycles. The summed E-state index contributed by atoms with van der Waals surface area (Å²) in [6.07, 6.45) is -0.443. The number of nitrogens with one attached hydrogen (secondary N) is 1. The summed E-state index contributed by atoms with van der Waals surface area (Å²) in [4.78, 5) is 11.6. The minimum Gasteiger partial charge on any atom is -0.491 e. The van der Waals surface area contributed by atoms with Crippen molar-refractivity contribution in [1.29, 1.82) is 0 Å². The molecule has 122 valence electrons. The summed E-state index contributed by atoms with van der Waals surface area (Å²) in [5, 5.41) is 2.67. The Morgan fingerprint density at radius 1 is 1.09 bits per heavy atom. The van der Waals surface area contributed by atoms with Crippen LogP contribution in [0.5, 0.6) is 5.75 Å². The smallest absolute Gasteiger partial charge is 0.407 e. The molecule has 1 N–H and O–H groups in total. The number of hydrogen-bond donors (Lipinski definition) is 1. The Morgan fingerprint density at radius 3 is 2.57 bits per heavy atom. The van der Waals surface area contributed by atoms with Crippen molar-refractivity contribution in [3.63, 3.8) is 0 Å². The van der Waals surface area contributed by atoms with Gasteiger partial charge in [0.25, 0.3) is 0 Å². The highest BCUT2D eigenvalue weighted by Gasteiger charge is 2.06. The fourth-order valence-electron chi connectivity index (χ4n) is 2.01. The zero-order valence-electron chi connectivity index (χ0n) is 13.3. The van der Waals surface area contributed by atoms with Gasteiger partial charge < -0.3 is 14.8 Å². The van der Waals surface area contributed by atoms with Crippen molar-refractivity contribution in [2.24, 2.45) is 0 Å². The van der Waals surface area contributed by atoms with E-state index in [1.54, 1.807) is 0 Å². The summed E-state index contributed by atoms with van der Waals surface area (Å²) >= 11 is 3.49. The van der Waals surface area contributed by atoms with Gasteiger partial charge in [-0.3, -0.25) is 0 Å². The fourth-order valence-corrected chi connectivity index (χ4v) is 2.44. The number of halogens is 1. The second kappa shape index (κ2) is 8.58. The van der Waals surface area contributed by atoms with E-state index in [0.717, 1.165) is 26.9 Å². The van der Waals surface area contributed by atoms with E-state index in [0.29, 0.717) is 13.2 Å². The largest absolute Gasteiger partial charge is 0.491 e. The molecule has 23 heavy (non-hydrogen) atoms. The average Bonchev–Trinajstić information content (AvgIpc) is 2.57. The van der Waals surface area contributed by atoms with Gasteiger partial charge in [-0.25, -0.2) is 4.79 Å². The van der Waals surface area contributed by atoms with Gasteiger partial charge in [0, 0.05) is 4.47 Å². The molecule has 0 aliphatic carbocycles. The molecule has 0 bridgehead atoms. The van der Waals surface area contributed by atoms with Crippen LogP contribution in [0.3, 0.4) is 0 Å². The van der Waals surface area contributed by atoms with E-state index >= 15 is 0 Å². The molecule has 2 aromatic rings. The lowest BCUT2D eigenvalue weighted by Crippen LogP contribution is -2.28. The summed E-state index contributed by atoms with van der Waals surface area (Å²) in [6, 6.07) is 13.4. The zero-order valence-corrected chi connectivity index (χ0v) is 14.9. The molecule has 0 aliphatic heterocycles. The minimum atomic E-state index is -0.443. The lowest BCUT2D eigenvalue weighted by Gasteiger charge is -2.12. The van der Waals surface area contributed by atoms with Crippen LogP contribution in [0.4, 0.5) is 4.79 Å². The predicted octanol–water partition coefficient (Wildman–Crippen LogP) is 4.37. The number of amides is 1. The lowest BCUT2D eigenvalue weighted by molar-refractivity contribution is 0.137. The van der Waals surface area contributed by atoms with Crippen LogP contribution in [0.1, 0.15) is 16.7 Å². The summed E-state index contributed by atoms with van der Waals surface area (Å²) in [5.41, 5.74) is 3.20. The number of carbonyl (C=O) groups excluding carboxylic acids is 1. The van der Waals surface area contributed by atoms with Crippen molar-refractivity contribution in [2.75, 3.05) is 13.2 Å². The molecule has 0 spiro atoms. The van der Waals surface area contributed by atoms with E-state index in [1.807, 2.05) is 56.3 Å². The molecule has 0 aliphatic rings. The molecule has 2 aromatic carbocycles. The van der Waals surface area contributed by atoms with Crippen LogP contribution >= 0.6 is 15.9 Å². The maximum absolute atomic E-state index is 11.6. The highest BCUT2D eigenvalue weighted by molar-refractivity contribution is 9.10. The zero-order chi connectivity index (χ0) is 16.7. The number of alkyl carbamates (subject to hydrolysis) is 1. The monoisotopic (exact) mass is 377 g/mol. The number of ether oxygens (including phenoxy) is 2. The van der Waals surface area contributed by atoms with Gasteiger partial charge in [0.2, 0.25) is 0 Å². The number of hydrogen-bond acceptors (Lipinski definition) is 3. The average molecular weight is 378 g/mol. The van der Waals surface area contributed by atoms with E-state index in [-0.39, 0.29) is 6.61 Å². The molecule has 4 nitrogen and oxygen atoms in total. The van der Waals surface area contributed by atoms with Crippen LogP contribution in [0, 0.1) is 13.8 Å². The van der Waals surface area contributed by atoms with Crippen LogP contribution in [0.15, 0.2) is 46.9 Å². The summed E-state index contributed by atoms with van der Waals surface area (Å²) in [7, 11) is 0. The Balaban J connectivity index is 1.69. The van der Waals surface area contributed by atoms with Crippen LogP contribution in [-0.2, 0) is 11.3 Å². The summed E-state index contributed by atoms with van der Waals surface area (Å²) < 4.78 is 11.9. The highest BCUT2D eigenvalue weighted by Crippen LogP contribution is 2.27. The van der Waals surface area contributed by atoms with Gasteiger partial charge in [0.1, 0.15) is 19.0 Å². The number of benzene rings is 2.